The molecule has 1 saturated heterocycles. The minimum absolute atomic E-state index is 0.0921. The number of ether oxygens (including phenoxy) is 2. The average Bonchev–Trinajstić information content (AvgIpc) is 2.82. The number of carbonyl (C=O) groups excluding carboxylic acids is 3. The summed E-state index contributed by atoms with van der Waals surface area (Å²) in [5.74, 6) is -2.28. The molecule has 0 radical (unpaired) electrons. The van der Waals surface area contributed by atoms with Gasteiger partial charge in [-0.2, -0.15) is 0 Å². The highest BCUT2D eigenvalue weighted by atomic mass is 127. The van der Waals surface area contributed by atoms with E-state index in [9.17, 15) is 23.2 Å². The molecule has 1 fully saturated rings. The molecule has 4 amide bonds. The van der Waals surface area contributed by atoms with E-state index in [1.807, 2.05) is 22.6 Å². The van der Waals surface area contributed by atoms with E-state index in [2.05, 4.69) is 5.32 Å². The quantitative estimate of drug-likeness (QED) is 0.228. The molecule has 0 aliphatic carbocycles. The fourth-order valence-electron chi connectivity index (χ4n) is 3.53. The Balaban J connectivity index is 1.67. The second-order valence-corrected chi connectivity index (χ2v) is 8.75. The van der Waals surface area contributed by atoms with E-state index in [-0.39, 0.29) is 23.7 Å². The van der Waals surface area contributed by atoms with Crippen molar-refractivity contribution in [2.24, 2.45) is 0 Å². The number of halogens is 3. The summed E-state index contributed by atoms with van der Waals surface area (Å²) in [6, 6.07) is 13.5. The summed E-state index contributed by atoms with van der Waals surface area (Å²) in [6.45, 7) is 2.18. The van der Waals surface area contributed by atoms with Gasteiger partial charge in [0.15, 0.2) is 11.5 Å². The lowest BCUT2D eigenvalue weighted by Crippen LogP contribution is -2.54. The van der Waals surface area contributed by atoms with Crippen LogP contribution in [0.3, 0.4) is 0 Å². The van der Waals surface area contributed by atoms with E-state index >= 15 is 0 Å². The largest absolute Gasteiger partial charge is 0.490 e. The predicted molar refractivity (Wildman–Crippen MR) is 136 cm³/mol. The second-order valence-electron chi connectivity index (χ2n) is 7.59. The zero-order chi connectivity index (χ0) is 25.8. The van der Waals surface area contributed by atoms with E-state index in [0.29, 0.717) is 37.7 Å². The van der Waals surface area contributed by atoms with Crippen LogP contribution in [0, 0.1) is 15.2 Å². The summed E-state index contributed by atoms with van der Waals surface area (Å²) in [7, 11) is 0. The van der Waals surface area contributed by atoms with Crippen LogP contribution in [-0.4, -0.2) is 24.5 Å². The third kappa shape index (κ3) is 5.38. The summed E-state index contributed by atoms with van der Waals surface area (Å²) in [6.07, 6.45) is 1.29. The zero-order valence-electron chi connectivity index (χ0n) is 18.9. The number of hydrogen-bond donors (Lipinski definition) is 1. The predicted octanol–water partition coefficient (Wildman–Crippen LogP) is 5.21. The van der Waals surface area contributed by atoms with Crippen molar-refractivity contribution >= 4 is 52.2 Å². The Kier molecular flexibility index (Phi) is 7.63. The van der Waals surface area contributed by atoms with Crippen molar-refractivity contribution in [3.05, 3.63) is 92.6 Å². The van der Waals surface area contributed by atoms with Crippen LogP contribution in [0.2, 0.25) is 0 Å². The molecule has 0 bridgehead atoms. The fourth-order valence-corrected chi connectivity index (χ4v) is 4.31. The Morgan fingerprint density at radius 2 is 1.78 bits per heavy atom. The van der Waals surface area contributed by atoms with Crippen LogP contribution < -0.4 is 19.7 Å². The van der Waals surface area contributed by atoms with Gasteiger partial charge in [-0.3, -0.25) is 14.9 Å². The Morgan fingerprint density at radius 3 is 2.50 bits per heavy atom. The van der Waals surface area contributed by atoms with Gasteiger partial charge in [-0.25, -0.2) is 18.5 Å². The SMILES string of the molecule is CCOc1cc(/C=C2/C(=O)NC(=O)N(c3ccccc3F)C2=O)cc(I)c1OCc1cccc(F)c1. The van der Waals surface area contributed by atoms with Gasteiger partial charge in [-0.15, -0.1) is 0 Å². The van der Waals surface area contributed by atoms with Crippen molar-refractivity contribution in [1.29, 1.82) is 0 Å². The Morgan fingerprint density at radius 1 is 1.00 bits per heavy atom. The second kappa shape index (κ2) is 10.9. The lowest BCUT2D eigenvalue weighted by molar-refractivity contribution is -0.122. The summed E-state index contributed by atoms with van der Waals surface area (Å²) in [5.41, 5.74) is 0.415. The first-order valence-corrected chi connectivity index (χ1v) is 11.9. The third-order valence-corrected chi connectivity index (χ3v) is 5.91. The third-order valence-electron chi connectivity index (χ3n) is 5.11. The van der Waals surface area contributed by atoms with Crippen LogP contribution in [0.5, 0.6) is 11.5 Å². The maximum Gasteiger partial charge on any atom is 0.336 e. The number of benzene rings is 3. The molecule has 36 heavy (non-hydrogen) atoms. The molecule has 0 atom stereocenters. The van der Waals surface area contributed by atoms with Crippen molar-refractivity contribution in [3.63, 3.8) is 0 Å². The van der Waals surface area contributed by atoms with Crippen LogP contribution in [0.25, 0.3) is 6.08 Å². The van der Waals surface area contributed by atoms with E-state index < -0.39 is 23.7 Å². The normalized spacial score (nSPS) is 14.7. The first-order valence-electron chi connectivity index (χ1n) is 10.8. The molecule has 7 nitrogen and oxygen atoms in total. The summed E-state index contributed by atoms with van der Waals surface area (Å²) < 4.78 is 40.0. The van der Waals surface area contributed by atoms with Gasteiger partial charge in [0, 0.05) is 0 Å². The molecule has 3 aromatic rings. The number of carbonyl (C=O) groups is 3. The topological polar surface area (TPSA) is 84.9 Å². The van der Waals surface area contributed by atoms with E-state index in [0.717, 1.165) is 6.07 Å². The minimum Gasteiger partial charge on any atom is -0.490 e. The van der Waals surface area contributed by atoms with Gasteiger partial charge in [0.1, 0.15) is 23.8 Å². The van der Waals surface area contributed by atoms with Crippen molar-refractivity contribution in [1.82, 2.24) is 5.32 Å². The molecule has 0 saturated carbocycles. The molecule has 1 aliphatic rings. The monoisotopic (exact) mass is 604 g/mol. The Hall–Kier alpha value is -3.80. The van der Waals surface area contributed by atoms with Crippen LogP contribution in [0.15, 0.2) is 66.2 Å². The van der Waals surface area contributed by atoms with Crippen LogP contribution in [-0.2, 0) is 16.2 Å². The highest BCUT2D eigenvalue weighted by Crippen LogP contribution is 2.36. The highest BCUT2D eigenvalue weighted by molar-refractivity contribution is 14.1. The maximum atomic E-state index is 14.3. The van der Waals surface area contributed by atoms with E-state index in [1.54, 1.807) is 31.2 Å². The minimum atomic E-state index is -1.04. The Labute approximate surface area is 218 Å². The average molecular weight is 604 g/mol. The summed E-state index contributed by atoms with van der Waals surface area (Å²) in [4.78, 5) is 38.5. The number of rotatable bonds is 7. The van der Waals surface area contributed by atoms with Crippen molar-refractivity contribution in [2.75, 3.05) is 11.5 Å². The van der Waals surface area contributed by atoms with Gasteiger partial charge in [-0.1, -0.05) is 24.3 Å². The number of anilines is 1. The van der Waals surface area contributed by atoms with Gasteiger partial charge < -0.3 is 9.47 Å². The molecule has 0 aromatic heterocycles. The highest BCUT2D eigenvalue weighted by Gasteiger charge is 2.38. The van der Waals surface area contributed by atoms with E-state index in [4.69, 9.17) is 9.47 Å². The van der Waals surface area contributed by atoms with Gasteiger partial charge in [0.25, 0.3) is 11.8 Å². The van der Waals surface area contributed by atoms with Crippen molar-refractivity contribution in [3.8, 4) is 11.5 Å². The van der Waals surface area contributed by atoms with Gasteiger partial charge in [0.2, 0.25) is 0 Å². The molecule has 4 rings (SSSR count). The number of para-hydroxylation sites is 1. The summed E-state index contributed by atoms with van der Waals surface area (Å²) >= 11 is 2.02. The Bertz CT molecular complexity index is 1390. The smallest absolute Gasteiger partial charge is 0.336 e. The molecule has 0 unspecified atom stereocenters. The van der Waals surface area contributed by atoms with Crippen LogP contribution in [0.1, 0.15) is 18.1 Å². The number of urea groups is 1. The molecule has 0 spiro atoms. The number of barbiturate groups is 1. The van der Waals surface area contributed by atoms with Crippen molar-refractivity contribution < 1.29 is 32.6 Å². The van der Waals surface area contributed by atoms with Crippen LogP contribution >= 0.6 is 22.6 Å². The summed E-state index contributed by atoms with van der Waals surface area (Å²) in [5, 5.41) is 2.07. The lowest BCUT2D eigenvalue weighted by Gasteiger charge is -2.26. The van der Waals surface area contributed by atoms with Gasteiger partial charge >= 0.3 is 6.03 Å². The van der Waals surface area contributed by atoms with Gasteiger partial charge in [-0.05, 0) is 83.1 Å². The zero-order valence-corrected chi connectivity index (χ0v) is 21.0. The maximum absolute atomic E-state index is 14.3. The molecule has 1 heterocycles. The lowest BCUT2D eigenvalue weighted by atomic mass is 10.1. The molecule has 3 aromatic carbocycles. The molecular formula is C26H19F2IN2O5. The number of hydrogen-bond acceptors (Lipinski definition) is 5. The number of amides is 4. The standard InChI is InChI=1S/C26H19F2IN2O5/c1-2-35-22-13-16(12-20(29)23(22)36-14-15-6-5-7-17(27)10-15)11-18-24(32)30-26(34)31(25(18)33)21-9-4-3-8-19(21)28/h3-13H,2,14H2,1H3,(H,30,32,34)/b18-11-. The van der Waals surface area contributed by atoms with E-state index in [1.165, 1.54) is 36.4 Å². The first-order chi connectivity index (χ1) is 17.3. The molecule has 1 N–H and O–H groups in total. The molecular weight excluding hydrogens is 585 g/mol. The molecule has 1 aliphatic heterocycles. The molecule has 10 heteroatoms. The first kappa shape index (κ1) is 25.3. The van der Waals surface area contributed by atoms with Crippen LogP contribution in [0.4, 0.5) is 19.3 Å². The number of nitrogens with zero attached hydrogens (tertiary/aromatic N) is 1. The fraction of sp³-hybridized carbons (Fsp3) is 0.115. The number of imide groups is 2. The molecule has 184 valence electrons. The van der Waals surface area contributed by atoms with Gasteiger partial charge in [0.05, 0.1) is 15.9 Å². The van der Waals surface area contributed by atoms with Crippen molar-refractivity contribution in [2.45, 2.75) is 13.5 Å². The number of nitrogens with one attached hydrogen (secondary N) is 1.